The van der Waals surface area contributed by atoms with Gasteiger partial charge < -0.3 is 9.67 Å². The molecule has 0 saturated carbocycles. The average molecular weight is 398 g/mol. The minimum Gasteiger partial charge on any atom is -0.476 e. The van der Waals surface area contributed by atoms with E-state index in [2.05, 4.69) is 22.1 Å². The second-order valence-electron chi connectivity index (χ2n) is 6.73. The van der Waals surface area contributed by atoms with Crippen LogP contribution in [0.5, 0.6) is 0 Å². The first kappa shape index (κ1) is 18.4. The van der Waals surface area contributed by atoms with E-state index < -0.39 is 11.8 Å². The van der Waals surface area contributed by atoms with Crippen molar-refractivity contribution in [1.82, 2.24) is 14.5 Å². The quantitative estimate of drug-likeness (QED) is 0.659. The Bertz CT molecular complexity index is 1160. The molecule has 142 valence electrons. The van der Waals surface area contributed by atoms with E-state index in [1.165, 1.54) is 17.7 Å². The molecule has 5 nitrogen and oxygen atoms in total. The summed E-state index contributed by atoms with van der Waals surface area (Å²) in [6, 6.07) is 5.98. The van der Waals surface area contributed by atoms with Gasteiger partial charge in [0.15, 0.2) is 11.5 Å². The molecule has 0 saturated heterocycles. The van der Waals surface area contributed by atoms with E-state index in [9.17, 15) is 14.3 Å². The molecule has 7 heteroatoms. The van der Waals surface area contributed by atoms with Crippen LogP contribution < -0.4 is 0 Å². The van der Waals surface area contributed by atoms with Crippen LogP contribution in [0.4, 0.5) is 4.39 Å². The largest absolute Gasteiger partial charge is 0.476 e. The van der Waals surface area contributed by atoms with Crippen molar-refractivity contribution in [3.8, 4) is 11.4 Å². The molecule has 0 unspecified atom stereocenters. The lowest BCUT2D eigenvalue weighted by molar-refractivity contribution is 0.0693. The predicted octanol–water partition coefficient (Wildman–Crippen LogP) is 5.17. The number of aromatic carboxylic acids is 1. The van der Waals surface area contributed by atoms with Crippen molar-refractivity contribution in [1.29, 1.82) is 0 Å². The van der Waals surface area contributed by atoms with Crippen LogP contribution in [-0.2, 0) is 6.54 Å². The van der Waals surface area contributed by atoms with Gasteiger partial charge >= 0.3 is 5.97 Å². The Balaban J connectivity index is 1.91. The van der Waals surface area contributed by atoms with Gasteiger partial charge in [-0.2, -0.15) is 0 Å². The average Bonchev–Trinajstić information content (AvgIpc) is 2.99. The monoisotopic (exact) mass is 397 g/mol. The molecule has 0 fully saturated rings. The van der Waals surface area contributed by atoms with E-state index >= 15 is 0 Å². The summed E-state index contributed by atoms with van der Waals surface area (Å²) in [5.41, 5.74) is 2.91. The molecule has 1 aliphatic rings. The summed E-state index contributed by atoms with van der Waals surface area (Å²) in [7, 11) is 0. The number of hydrogen-bond acceptors (Lipinski definition) is 3. The van der Waals surface area contributed by atoms with Crippen LogP contribution in [0.1, 0.15) is 29.0 Å². The predicted molar refractivity (Wildman–Crippen MR) is 106 cm³/mol. The zero-order valence-electron chi connectivity index (χ0n) is 15.1. The maximum absolute atomic E-state index is 13.9. The number of rotatable bonds is 4. The van der Waals surface area contributed by atoms with E-state index in [1.807, 2.05) is 17.6 Å². The number of benzene rings is 1. The molecular formula is C21H17ClFN3O2. The minimum absolute atomic E-state index is 0.0141. The highest BCUT2D eigenvalue weighted by Crippen LogP contribution is 2.28. The van der Waals surface area contributed by atoms with E-state index in [0.29, 0.717) is 23.1 Å². The molecule has 0 aliphatic heterocycles. The number of allylic oxidation sites excluding steroid dienone is 4. The Kier molecular flexibility index (Phi) is 4.73. The lowest BCUT2D eigenvalue weighted by Gasteiger charge is -2.13. The topological polar surface area (TPSA) is 68.0 Å². The molecule has 0 spiro atoms. The zero-order valence-corrected chi connectivity index (χ0v) is 15.9. The highest BCUT2D eigenvalue weighted by Gasteiger charge is 2.20. The molecule has 2 aromatic heterocycles. The molecule has 3 aromatic rings. The Morgan fingerprint density at radius 2 is 2.14 bits per heavy atom. The van der Waals surface area contributed by atoms with Gasteiger partial charge in [0.25, 0.3) is 0 Å². The molecule has 4 rings (SSSR count). The van der Waals surface area contributed by atoms with Crippen LogP contribution in [-0.4, -0.2) is 25.6 Å². The number of halogens is 2. The smallest absolute Gasteiger partial charge is 0.355 e. The van der Waals surface area contributed by atoms with Gasteiger partial charge in [0.2, 0.25) is 0 Å². The van der Waals surface area contributed by atoms with E-state index in [0.717, 1.165) is 18.5 Å². The number of nitrogens with zero attached hydrogens (tertiary/aromatic N) is 3. The van der Waals surface area contributed by atoms with Gasteiger partial charge in [-0.1, -0.05) is 35.4 Å². The van der Waals surface area contributed by atoms with Crippen LogP contribution in [0.25, 0.3) is 22.4 Å². The fraction of sp³-hybridized carbons (Fsp3) is 0.190. The molecule has 0 radical (unpaired) electrons. The van der Waals surface area contributed by atoms with Crippen LogP contribution >= 0.6 is 11.6 Å². The summed E-state index contributed by atoms with van der Waals surface area (Å²) in [6.07, 6.45) is 8.14. The highest BCUT2D eigenvalue weighted by atomic mass is 35.5. The van der Waals surface area contributed by atoms with Gasteiger partial charge in [0, 0.05) is 17.8 Å². The summed E-state index contributed by atoms with van der Waals surface area (Å²) >= 11 is 5.76. The van der Waals surface area contributed by atoms with Crippen molar-refractivity contribution < 1.29 is 14.3 Å². The zero-order chi connectivity index (χ0) is 19.8. The third-order valence-electron chi connectivity index (χ3n) is 4.80. The van der Waals surface area contributed by atoms with Crippen LogP contribution in [0, 0.1) is 12.7 Å². The Hall–Kier alpha value is -2.99. The fourth-order valence-corrected chi connectivity index (χ4v) is 3.48. The first-order valence-corrected chi connectivity index (χ1v) is 9.23. The van der Waals surface area contributed by atoms with Crippen LogP contribution in [0.15, 0.2) is 48.1 Å². The second kappa shape index (κ2) is 7.20. The normalized spacial score (nSPS) is 13.8. The molecule has 0 bridgehead atoms. The molecule has 28 heavy (non-hydrogen) atoms. The third kappa shape index (κ3) is 3.31. The molecule has 1 aromatic carbocycles. The van der Waals surface area contributed by atoms with E-state index in [4.69, 9.17) is 11.6 Å². The second-order valence-corrected chi connectivity index (χ2v) is 7.14. The van der Waals surface area contributed by atoms with Crippen LogP contribution in [0.2, 0.25) is 5.02 Å². The van der Waals surface area contributed by atoms with Gasteiger partial charge in [0.1, 0.15) is 11.5 Å². The molecule has 2 heterocycles. The molecule has 1 aliphatic carbocycles. The van der Waals surface area contributed by atoms with Crippen molar-refractivity contribution in [2.75, 3.05) is 0 Å². The molecular weight excluding hydrogens is 381 g/mol. The number of fused-ring (bicyclic) bond motifs is 1. The Morgan fingerprint density at radius 3 is 2.82 bits per heavy atom. The summed E-state index contributed by atoms with van der Waals surface area (Å²) in [4.78, 5) is 20.6. The standard InChI is InChI=1S/C21H17ClFN3O2/c1-12-9-15-18(21(27)28)24-19(14-7-8-16(22)17(23)10-14)25-20(15)26(12)11-13-5-3-2-4-6-13/h2-3,5,7-10H,4,6,11H2,1H3,(H,27,28). The first-order valence-electron chi connectivity index (χ1n) is 8.85. The van der Waals surface area contributed by atoms with Crippen molar-refractivity contribution in [3.05, 3.63) is 70.3 Å². The Labute approximate surface area is 165 Å². The third-order valence-corrected chi connectivity index (χ3v) is 5.11. The number of hydrogen-bond donors (Lipinski definition) is 1. The number of carbonyl (C=O) groups is 1. The molecule has 0 atom stereocenters. The molecule has 1 N–H and O–H groups in total. The van der Waals surface area contributed by atoms with Gasteiger partial charge in [-0.15, -0.1) is 0 Å². The maximum atomic E-state index is 13.9. The lowest BCUT2D eigenvalue weighted by atomic mass is 10.1. The SMILES string of the molecule is Cc1cc2c(C(=O)O)nc(-c3ccc(Cl)c(F)c3)nc2n1CC1=CC=CCC1. The number of aryl methyl sites for hydroxylation is 1. The number of carboxylic acids is 1. The van der Waals surface area contributed by atoms with Crippen molar-refractivity contribution >= 4 is 28.6 Å². The number of aromatic nitrogens is 3. The van der Waals surface area contributed by atoms with E-state index in [1.54, 1.807) is 12.1 Å². The summed E-state index contributed by atoms with van der Waals surface area (Å²) < 4.78 is 15.9. The van der Waals surface area contributed by atoms with Crippen molar-refractivity contribution in [2.45, 2.75) is 26.3 Å². The minimum atomic E-state index is -1.15. The van der Waals surface area contributed by atoms with Gasteiger partial charge in [0.05, 0.1) is 10.4 Å². The number of carboxylic acid groups (broad SMARTS) is 1. The Morgan fingerprint density at radius 1 is 1.32 bits per heavy atom. The van der Waals surface area contributed by atoms with Crippen molar-refractivity contribution in [3.63, 3.8) is 0 Å². The maximum Gasteiger partial charge on any atom is 0.355 e. The van der Waals surface area contributed by atoms with Gasteiger partial charge in [-0.3, -0.25) is 0 Å². The van der Waals surface area contributed by atoms with Gasteiger partial charge in [-0.05, 0) is 44.0 Å². The lowest BCUT2D eigenvalue weighted by Crippen LogP contribution is -2.08. The molecule has 0 amide bonds. The van der Waals surface area contributed by atoms with E-state index in [-0.39, 0.29) is 16.5 Å². The summed E-state index contributed by atoms with van der Waals surface area (Å²) in [5.74, 6) is -1.61. The van der Waals surface area contributed by atoms with Crippen LogP contribution in [0.3, 0.4) is 0 Å². The van der Waals surface area contributed by atoms with Gasteiger partial charge in [-0.25, -0.2) is 19.2 Å². The summed E-state index contributed by atoms with van der Waals surface area (Å²) in [5, 5.41) is 10.1. The highest BCUT2D eigenvalue weighted by molar-refractivity contribution is 6.30. The van der Waals surface area contributed by atoms with Crippen molar-refractivity contribution in [2.24, 2.45) is 0 Å². The fourth-order valence-electron chi connectivity index (χ4n) is 3.36. The first-order chi connectivity index (χ1) is 13.4. The summed E-state index contributed by atoms with van der Waals surface area (Å²) in [6.45, 7) is 2.53.